The highest BCUT2D eigenvalue weighted by Crippen LogP contribution is 2.37. The Labute approximate surface area is 242 Å². The SMILES string of the molecule is C=CCc1cc(/C=C2/SC(=O)N(CC(=O)Nc3ccc(Cl)c(C(=O)OCCCC)c3)C2=O)cc(OCC)c1OC. The Morgan fingerprint density at radius 2 is 1.95 bits per heavy atom. The highest BCUT2D eigenvalue weighted by molar-refractivity contribution is 8.18. The van der Waals surface area contributed by atoms with E-state index in [4.69, 9.17) is 25.8 Å². The number of benzene rings is 2. The molecule has 1 fully saturated rings. The average molecular weight is 587 g/mol. The molecule has 1 aliphatic rings. The van der Waals surface area contributed by atoms with Gasteiger partial charge in [0.25, 0.3) is 11.1 Å². The van der Waals surface area contributed by atoms with Crippen LogP contribution in [-0.4, -0.2) is 54.8 Å². The molecule has 0 spiro atoms. The van der Waals surface area contributed by atoms with Gasteiger partial charge >= 0.3 is 5.97 Å². The summed E-state index contributed by atoms with van der Waals surface area (Å²) in [6.45, 7) is 7.76. The van der Waals surface area contributed by atoms with Crippen LogP contribution in [0.4, 0.5) is 10.5 Å². The van der Waals surface area contributed by atoms with Crippen molar-refractivity contribution in [3.8, 4) is 11.5 Å². The van der Waals surface area contributed by atoms with Gasteiger partial charge in [-0.05, 0) is 73.5 Å². The van der Waals surface area contributed by atoms with Crippen molar-refractivity contribution in [2.75, 3.05) is 32.2 Å². The van der Waals surface area contributed by atoms with E-state index in [2.05, 4.69) is 11.9 Å². The minimum absolute atomic E-state index is 0.103. The first-order valence-electron chi connectivity index (χ1n) is 12.7. The Morgan fingerprint density at radius 1 is 1.18 bits per heavy atom. The number of methoxy groups -OCH3 is 1. The molecule has 212 valence electrons. The zero-order valence-electron chi connectivity index (χ0n) is 22.6. The number of rotatable bonds is 13. The molecule has 0 unspecified atom stereocenters. The fraction of sp³-hybridized carbons (Fsp3) is 0.310. The number of thioether (sulfide) groups is 1. The Hall–Kier alpha value is -3.76. The second kappa shape index (κ2) is 14.6. The molecule has 1 saturated heterocycles. The molecule has 40 heavy (non-hydrogen) atoms. The first kappa shape index (κ1) is 30.8. The predicted octanol–water partition coefficient (Wildman–Crippen LogP) is 6.11. The molecular formula is C29H31ClN2O7S. The number of carbonyl (C=O) groups excluding carboxylic acids is 4. The lowest BCUT2D eigenvalue weighted by Crippen LogP contribution is -2.36. The summed E-state index contributed by atoms with van der Waals surface area (Å²) in [6, 6.07) is 7.92. The molecule has 2 aromatic carbocycles. The van der Waals surface area contributed by atoms with Gasteiger partial charge in [0, 0.05) is 11.3 Å². The third-order valence-electron chi connectivity index (χ3n) is 5.70. The van der Waals surface area contributed by atoms with E-state index >= 15 is 0 Å². The molecule has 9 nitrogen and oxygen atoms in total. The number of allylic oxidation sites excluding steroid dienone is 1. The van der Waals surface area contributed by atoms with E-state index in [0.717, 1.165) is 28.6 Å². The van der Waals surface area contributed by atoms with Crippen molar-refractivity contribution in [3.05, 3.63) is 69.6 Å². The number of imide groups is 1. The Bertz CT molecular complexity index is 1340. The average Bonchev–Trinajstić information content (AvgIpc) is 3.17. The fourth-order valence-corrected chi connectivity index (χ4v) is 4.88. The zero-order chi connectivity index (χ0) is 29.2. The summed E-state index contributed by atoms with van der Waals surface area (Å²) in [4.78, 5) is 51.8. The second-order valence-corrected chi connectivity index (χ2v) is 10.0. The molecule has 3 amide bonds. The summed E-state index contributed by atoms with van der Waals surface area (Å²) in [5.41, 5.74) is 1.82. The maximum absolute atomic E-state index is 13.1. The molecule has 1 aliphatic heterocycles. The van der Waals surface area contributed by atoms with E-state index in [1.807, 2.05) is 19.9 Å². The van der Waals surface area contributed by atoms with E-state index in [1.54, 1.807) is 25.3 Å². The van der Waals surface area contributed by atoms with Gasteiger partial charge < -0.3 is 19.5 Å². The normalized spacial score (nSPS) is 13.9. The maximum Gasteiger partial charge on any atom is 0.339 e. The summed E-state index contributed by atoms with van der Waals surface area (Å²) in [5.74, 6) is -0.741. The number of nitrogens with zero attached hydrogens (tertiary/aromatic N) is 1. The van der Waals surface area contributed by atoms with Crippen molar-refractivity contribution >= 4 is 58.1 Å². The zero-order valence-corrected chi connectivity index (χ0v) is 24.2. The van der Waals surface area contributed by atoms with Crippen LogP contribution in [0.1, 0.15) is 48.2 Å². The Kier molecular flexibility index (Phi) is 11.2. The molecule has 0 bridgehead atoms. The first-order chi connectivity index (χ1) is 19.2. The first-order valence-corrected chi connectivity index (χ1v) is 13.9. The molecular weight excluding hydrogens is 556 g/mol. The van der Waals surface area contributed by atoms with E-state index in [0.29, 0.717) is 36.5 Å². The smallest absolute Gasteiger partial charge is 0.339 e. The van der Waals surface area contributed by atoms with Gasteiger partial charge in [-0.15, -0.1) is 6.58 Å². The summed E-state index contributed by atoms with van der Waals surface area (Å²) < 4.78 is 16.4. The third-order valence-corrected chi connectivity index (χ3v) is 6.93. The molecule has 0 aromatic heterocycles. The summed E-state index contributed by atoms with van der Waals surface area (Å²) in [5, 5.41) is 2.20. The van der Waals surface area contributed by atoms with Crippen LogP contribution in [0.5, 0.6) is 11.5 Å². The van der Waals surface area contributed by atoms with Crippen molar-refractivity contribution in [1.82, 2.24) is 4.90 Å². The van der Waals surface area contributed by atoms with Gasteiger partial charge in [-0.25, -0.2) is 4.79 Å². The van der Waals surface area contributed by atoms with Crippen LogP contribution >= 0.6 is 23.4 Å². The van der Waals surface area contributed by atoms with E-state index in [-0.39, 0.29) is 27.8 Å². The lowest BCUT2D eigenvalue weighted by Gasteiger charge is -2.15. The van der Waals surface area contributed by atoms with Gasteiger partial charge in [-0.1, -0.05) is 31.0 Å². The van der Waals surface area contributed by atoms with Crippen LogP contribution in [0.25, 0.3) is 6.08 Å². The van der Waals surface area contributed by atoms with Gasteiger partial charge in [0.1, 0.15) is 6.54 Å². The number of carbonyl (C=O) groups is 4. The minimum atomic E-state index is -0.618. The summed E-state index contributed by atoms with van der Waals surface area (Å²) >= 11 is 6.87. The number of anilines is 1. The molecule has 2 aromatic rings. The molecule has 0 aliphatic carbocycles. The van der Waals surface area contributed by atoms with E-state index in [9.17, 15) is 19.2 Å². The number of esters is 1. The summed E-state index contributed by atoms with van der Waals surface area (Å²) in [6.07, 6.45) is 5.39. The van der Waals surface area contributed by atoms with Crippen LogP contribution in [-0.2, 0) is 20.7 Å². The predicted molar refractivity (Wildman–Crippen MR) is 156 cm³/mol. The number of amides is 3. The number of unbranched alkanes of at least 4 members (excludes halogenated alkanes) is 1. The quantitative estimate of drug-likeness (QED) is 0.130. The van der Waals surface area contributed by atoms with Crippen molar-refractivity contribution in [2.24, 2.45) is 0 Å². The van der Waals surface area contributed by atoms with Crippen LogP contribution in [0, 0.1) is 0 Å². The lowest BCUT2D eigenvalue weighted by atomic mass is 10.0. The standard InChI is InChI=1S/C29H31ClN2O7S/c1-5-8-12-39-28(35)21-16-20(10-11-22(21)30)31-25(33)17-32-27(34)24(40-29(32)36)15-18-13-19(9-6-2)26(37-4)23(14-18)38-7-3/h6,10-11,13-16H,2,5,7-9,12,17H2,1,3-4H3,(H,31,33)/b24-15+. The van der Waals surface area contributed by atoms with Gasteiger partial charge in [0.2, 0.25) is 5.91 Å². The lowest BCUT2D eigenvalue weighted by molar-refractivity contribution is -0.127. The van der Waals surface area contributed by atoms with Crippen molar-refractivity contribution < 1.29 is 33.4 Å². The second-order valence-electron chi connectivity index (χ2n) is 8.64. The largest absolute Gasteiger partial charge is 0.493 e. The number of ether oxygens (including phenoxy) is 3. The maximum atomic E-state index is 13.1. The monoisotopic (exact) mass is 586 g/mol. The Morgan fingerprint density at radius 3 is 2.62 bits per heavy atom. The summed E-state index contributed by atoms with van der Waals surface area (Å²) in [7, 11) is 1.55. The fourth-order valence-electron chi connectivity index (χ4n) is 3.85. The molecule has 1 N–H and O–H groups in total. The van der Waals surface area contributed by atoms with E-state index < -0.39 is 29.6 Å². The van der Waals surface area contributed by atoms with Crippen LogP contribution in [0.2, 0.25) is 5.02 Å². The Balaban J connectivity index is 1.74. The van der Waals surface area contributed by atoms with Crippen molar-refractivity contribution in [1.29, 1.82) is 0 Å². The minimum Gasteiger partial charge on any atom is -0.493 e. The van der Waals surface area contributed by atoms with E-state index in [1.165, 1.54) is 18.2 Å². The topological polar surface area (TPSA) is 111 Å². The van der Waals surface area contributed by atoms with Crippen LogP contribution in [0.15, 0.2) is 47.9 Å². The van der Waals surface area contributed by atoms with Gasteiger partial charge in [-0.2, -0.15) is 0 Å². The van der Waals surface area contributed by atoms with Gasteiger partial charge in [0.05, 0.1) is 35.8 Å². The number of hydrogen-bond acceptors (Lipinski definition) is 8. The van der Waals surface area contributed by atoms with Crippen molar-refractivity contribution in [2.45, 2.75) is 33.1 Å². The number of hydrogen-bond donors (Lipinski definition) is 1. The molecule has 0 saturated carbocycles. The van der Waals surface area contributed by atoms with Crippen LogP contribution in [0.3, 0.4) is 0 Å². The number of nitrogens with one attached hydrogen (secondary N) is 1. The molecule has 0 atom stereocenters. The molecule has 1 heterocycles. The van der Waals surface area contributed by atoms with Gasteiger partial charge in [-0.3, -0.25) is 19.3 Å². The highest BCUT2D eigenvalue weighted by Gasteiger charge is 2.36. The molecule has 11 heteroatoms. The molecule has 0 radical (unpaired) electrons. The van der Waals surface area contributed by atoms with Crippen molar-refractivity contribution in [3.63, 3.8) is 0 Å². The van der Waals surface area contributed by atoms with Crippen LogP contribution < -0.4 is 14.8 Å². The van der Waals surface area contributed by atoms with Gasteiger partial charge in [0.15, 0.2) is 11.5 Å². The highest BCUT2D eigenvalue weighted by atomic mass is 35.5. The third kappa shape index (κ3) is 7.67. The molecule has 3 rings (SSSR count). The number of halogens is 1.